The zero-order valence-corrected chi connectivity index (χ0v) is 13.5. The van der Waals surface area contributed by atoms with Gasteiger partial charge in [0.05, 0.1) is 22.3 Å². The quantitative estimate of drug-likeness (QED) is 0.867. The van der Waals surface area contributed by atoms with Crippen molar-refractivity contribution in [2.75, 3.05) is 31.1 Å². The maximum Gasteiger partial charge on any atom is 0.129 e. The molecule has 3 rings (SSSR count). The van der Waals surface area contributed by atoms with Crippen LogP contribution in [0.15, 0.2) is 23.7 Å². The second-order valence-electron chi connectivity index (χ2n) is 5.36. The fraction of sp³-hybridized carbons (Fsp3) is 0.438. The zero-order valence-electron chi connectivity index (χ0n) is 12.7. The first-order valence-electron chi connectivity index (χ1n) is 7.55. The van der Waals surface area contributed by atoms with Gasteiger partial charge in [0.25, 0.3) is 0 Å². The van der Waals surface area contributed by atoms with Gasteiger partial charge in [0, 0.05) is 44.3 Å². The summed E-state index contributed by atoms with van der Waals surface area (Å²) in [4.78, 5) is 13.7. The first-order chi connectivity index (χ1) is 10.8. The molecule has 1 aliphatic heterocycles. The van der Waals surface area contributed by atoms with Gasteiger partial charge in [0.15, 0.2) is 0 Å². The van der Waals surface area contributed by atoms with Gasteiger partial charge in [-0.05, 0) is 18.6 Å². The summed E-state index contributed by atoms with van der Waals surface area (Å²) in [5, 5.41) is 12.4. The van der Waals surface area contributed by atoms with E-state index < -0.39 is 0 Å². The summed E-state index contributed by atoms with van der Waals surface area (Å²) in [6.45, 7) is 6.94. The Kier molecular flexibility index (Phi) is 4.66. The van der Waals surface area contributed by atoms with Crippen LogP contribution in [0.25, 0.3) is 0 Å². The van der Waals surface area contributed by atoms with Crippen molar-refractivity contribution in [1.29, 1.82) is 5.26 Å². The molecule has 1 saturated heterocycles. The molecule has 0 N–H and O–H groups in total. The van der Waals surface area contributed by atoms with Crippen molar-refractivity contribution in [2.45, 2.75) is 19.9 Å². The summed E-state index contributed by atoms with van der Waals surface area (Å²) < 4.78 is 0. The van der Waals surface area contributed by atoms with E-state index in [1.165, 1.54) is 10.7 Å². The van der Waals surface area contributed by atoms with Crippen LogP contribution >= 0.6 is 11.3 Å². The second kappa shape index (κ2) is 6.86. The van der Waals surface area contributed by atoms with Gasteiger partial charge in [0.1, 0.15) is 5.82 Å². The number of rotatable bonds is 4. The molecule has 0 saturated carbocycles. The van der Waals surface area contributed by atoms with E-state index in [-0.39, 0.29) is 0 Å². The topological polar surface area (TPSA) is 56.1 Å². The molecule has 2 aromatic rings. The Morgan fingerprint density at radius 1 is 1.32 bits per heavy atom. The van der Waals surface area contributed by atoms with E-state index in [0.29, 0.717) is 5.56 Å². The maximum absolute atomic E-state index is 8.98. The fourth-order valence-corrected chi connectivity index (χ4v) is 3.34. The molecular formula is C16H19N5S. The smallest absolute Gasteiger partial charge is 0.129 e. The number of hydrogen-bond donors (Lipinski definition) is 0. The van der Waals surface area contributed by atoms with E-state index in [9.17, 15) is 0 Å². The molecule has 0 aliphatic carbocycles. The van der Waals surface area contributed by atoms with E-state index in [4.69, 9.17) is 5.26 Å². The van der Waals surface area contributed by atoms with Crippen molar-refractivity contribution < 1.29 is 0 Å². The third-order valence-corrected chi connectivity index (χ3v) is 4.90. The third-order valence-electron chi connectivity index (χ3n) is 3.86. The Bertz CT molecular complexity index is 667. The normalized spacial score (nSPS) is 15.7. The maximum atomic E-state index is 8.98. The number of pyridine rings is 1. The fourth-order valence-electron chi connectivity index (χ4n) is 2.61. The molecule has 0 bridgehead atoms. The second-order valence-corrected chi connectivity index (χ2v) is 6.31. The highest BCUT2D eigenvalue weighted by Crippen LogP contribution is 2.17. The Morgan fingerprint density at radius 2 is 2.14 bits per heavy atom. The van der Waals surface area contributed by atoms with Gasteiger partial charge in [-0.1, -0.05) is 6.92 Å². The summed E-state index contributed by atoms with van der Waals surface area (Å²) in [5.74, 6) is 0.903. The first kappa shape index (κ1) is 14.9. The van der Waals surface area contributed by atoms with Gasteiger partial charge in [-0.25, -0.2) is 9.97 Å². The molecule has 3 heterocycles. The van der Waals surface area contributed by atoms with Crippen molar-refractivity contribution in [3.63, 3.8) is 0 Å². The molecule has 0 unspecified atom stereocenters. The van der Waals surface area contributed by atoms with E-state index in [1.54, 1.807) is 23.6 Å². The highest BCUT2D eigenvalue weighted by molar-refractivity contribution is 7.09. The van der Waals surface area contributed by atoms with Crippen LogP contribution in [0.1, 0.15) is 23.2 Å². The van der Waals surface area contributed by atoms with Crippen LogP contribution in [0, 0.1) is 11.3 Å². The van der Waals surface area contributed by atoms with Gasteiger partial charge < -0.3 is 4.90 Å². The van der Waals surface area contributed by atoms with Gasteiger partial charge in [-0.2, -0.15) is 5.26 Å². The molecule has 114 valence electrons. The van der Waals surface area contributed by atoms with E-state index in [1.807, 2.05) is 6.07 Å². The standard InChI is InChI=1S/C16H19N5S/c1-2-16-19-14(12-22-16)11-20-5-7-21(8-6-20)15-9-13(10-17)3-4-18-15/h3-4,9,12H,2,5-8,11H2,1H3. The van der Waals surface area contributed by atoms with Crippen molar-refractivity contribution in [3.05, 3.63) is 40.0 Å². The first-order valence-corrected chi connectivity index (χ1v) is 8.43. The molecule has 22 heavy (non-hydrogen) atoms. The van der Waals surface area contributed by atoms with Crippen LogP contribution in [0.2, 0.25) is 0 Å². The molecule has 1 aliphatic rings. The molecule has 1 fully saturated rings. The predicted octanol–water partition coefficient (Wildman–Crippen LogP) is 2.29. The van der Waals surface area contributed by atoms with Crippen molar-refractivity contribution >= 4 is 17.2 Å². The lowest BCUT2D eigenvalue weighted by Gasteiger charge is -2.35. The largest absolute Gasteiger partial charge is 0.354 e. The van der Waals surface area contributed by atoms with Crippen molar-refractivity contribution in [2.24, 2.45) is 0 Å². The molecule has 0 spiro atoms. The molecule has 5 nitrogen and oxygen atoms in total. The zero-order chi connectivity index (χ0) is 15.4. The number of nitrogens with zero attached hydrogens (tertiary/aromatic N) is 5. The van der Waals surface area contributed by atoms with Gasteiger partial charge >= 0.3 is 0 Å². The summed E-state index contributed by atoms with van der Waals surface area (Å²) in [7, 11) is 0. The van der Waals surface area contributed by atoms with Gasteiger partial charge in [0.2, 0.25) is 0 Å². The van der Waals surface area contributed by atoms with Crippen LogP contribution in [0.5, 0.6) is 0 Å². The minimum Gasteiger partial charge on any atom is -0.354 e. The molecule has 0 aromatic carbocycles. The van der Waals surface area contributed by atoms with Crippen LogP contribution in [0.3, 0.4) is 0 Å². The number of piperazine rings is 1. The summed E-state index contributed by atoms with van der Waals surface area (Å²) in [6, 6.07) is 5.78. The van der Waals surface area contributed by atoms with Crippen LogP contribution in [0.4, 0.5) is 5.82 Å². The van der Waals surface area contributed by atoms with Crippen molar-refractivity contribution in [1.82, 2.24) is 14.9 Å². The third kappa shape index (κ3) is 3.43. The lowest BCUT2D eigenvalue weighted by Crippen LogP contribution is -2.46. The number of aryl methyl sites for hydroxylation is 1. The highest BCUT2D eigenvalue weighted by Gasteiger charge is 2.19. The molecule has 0 radical (unpaired) electrons. The number of hydrogen-bond acceptors (Lipinski definition) is 6. The number of aromatic nitrogens is 2. The molecular weight excluding hydrogens is 294 g/mol. The molecule has 0 amide bonds. The lowest BCUT2D eigenvalue weighted by atomic mass is 10.2. The SMILES string of the molecule is CCc1nc(CN2CCN(c3cc(C#N)ccn3)CC2)cs1. The average molecular weight is 313 g/mol. The molecule has 0 atom stereocenters. The summed E-state index contributed by atoms with van der Waals surface area (Å²) in [5.41, 5.74) is 1.85. The van der Waals surface area contributed by atoms with Crippen molar-refractivity contribution in [3.8, 4) is 6.07 Å². The monoisotopic (exact) mass is 313 g/mol. The average Bonchev–Trinajstić information content (AvgIpc) is 3.03. The minimum absolute atomic E-state index is 0.669. The Balaban J connectivity index is 1.57. The minimum atomic E-state index is 0.669. The summed E-state index contributed by atoms with van der Waals surface area (Å²) >= 11 is 1.75. The number of thiazole rings is 1. The predicted molar refractivity (Wildman–Crippen MR) is 87.9 cm³/mol. The Hall–Kier alpha value is -1.97. The van der Waals surface area contributed by atoms with E-state index >= 15 is 0 Å². The Morgan fingerprint density at radius 3 is 2.82 bits per heavy atom. The van der Waals surface area contributed by atoms with E-state index in [2.05, 4.69) is 38.1 Å². The van der Waals surface area contributed by atoms with Gasteiger partial charge in [-0.15, -0.1) is 11.3 Å². The van der Waals surface area contributed by atoms with Crippen LogP contribution < -0.4 is 4.90 Å². The lowest BCUT2D eigenvalue weighted by molar-refractivity contribution is 0.247. The number of nitriles is 1. The van der Waals surface area contributed by atoms with E-state index in [0.717, 1.165) is 45.0 Å². The summed E-state index contributed by atoms with van der Waals surface area (Å²) in [6.07, 6.45) is 2.72. The highest BCUT2D eigenvalue weighted by atomic mass is 32.1. The van der Waals surface area contributed by atoms with Gasteiger partial charge in [-0.3, -0.25) is 4.90 Å². The molecule has 6 heteroatoms. The van der Waals surface area contributed by atoms with Crippen LogP contribution in [-0.2, 0) is 13.0 Å². The molecule has 2 aromatic heterocycles. The van der Waals surface area contributed by atoms with Crippen LogP contribution in [-0.4, -0.2) is 41.0 Å². The Labute approximate surface area is 134 Å². The number of anilines is 1.